The summed E-state index contributed by atoms with van der Waals surface area (Å²) in [7, 11) is 1.86. The van der Waals surface area contributed by atoms with E-state index in [1.165, 1.54) is 5.56 Å². The number of halogens is 1. The molecule has 1 aliphatic heterocycles. The van der Waals surface area contributed by atoms with Crippen LogP contribution in [0, 0.1) is 0 Å². The molecule has 1 amide bonds. The topological polar surface area (TPSA) is 20.3 Å². The molecular formula is C11H10BrNO. The lowest BCUT2D eigenvalue weighted by atomic mass is 9.98. The second-order valence-corrected chi connectivity index (χ2v) is 5.02. The van der Waals surface area contributed by atoms with Crippen LogP contribution in [-0.4, -0.2) is 13.0 Å². The van der Waals surface area contributed by atoms with Crippen LogP contribution in [0.1, 0.15) is 18.4 Å². The van der Waals surface area contributed by atoms with Crippen LogP contribution in [0.2, 0.25) is 0 Å². The minimum Gasteiger partial charge on any atom is -0.314 e. The lowest BCUT2D eigenvalue weighted by molar-refractivity contribution is -0.119. The summed E-state index contributed by atoms with van der Waals surface area (Å²) in [6, 6.07) is 6.12. The van der Waals surface area contributed by atoms with Crippen LogP contribution in [-0.2, 0) is 10.2 Å². The van der Waals surface area contributed by atoms with Crippen molar-refractivity contribution in [2.75, 3.05) is 11.9 Å². The van der Waals surface area contributed by atoms with Gasteiger partial charge in [-0.1, -0.05) is 22.0 Å². The number of rotatable bonds is 0. The highest BCUT2D eigenvalue weighted by molar-refractivity contribution is 9.10. The summed E-state index contributed by atoms with van der Waals surface area (Å²) in [6.07, 6.45) is 2.04. The number of fused-ring (bicyclic) bond motifs is 2. The first-order chi connectivity index (χ1) is 6.65. The van der Waals surface area contributed by atoms with Gasteiger partial charge in [0.15, 0.2) is 0 Å². The van der Waals surface area contributed by atoms with Crippen molar-refractivity contribution >= 4 is 27.5 Å². The molecule has 0 atom stereocenters. The smallest absolute Gasteiger partial charge is 0.237 e. The predicted octanol–water partition coefficient (Wildman–Crippen LogP) is 2.46. The maximum atomic E-state index is 12.0. The standard InChI is InChI=1S/C11H10BrNO/c1-13-9-6-7(12)2-3-8(9)11(4-5-11)10(13)14/h2-3,6H,4-5H2,1H3. The summed E-state index contributed by atoms with van der Waals surface area (Å²) >= 11 is 3.43. The minimum absolute atomic E-state index is 0.134. The van der Waals surface area contributed by atoms with Crippen LogP contribution < -0.4 is 4.90 Å². The molecule has 72 valence electrons. The summed E-state index contributed by atoms with van der Waals surface area (Å²) in [5.41, 5.74) is 2.15. The molecule has 0 saturated heterocycles. The Balaban J connectivity index is 2.26. The van der Waals surface area contributed by atoms with Gasteiger partial charge in [-0.2, -0.15) is 0 Å². The number of likely N-dealkylation sites (N-methyl/N-ethyl adjacent to an activating group) is 1. The number of nitrogens with zero attached hydrogens (tertiary/aromatic N) is 1. The van der Waals surface area contributed by atoms with Crippen molar-refractivity contribution in [1.82, 2.24) is 0 Å². The minimum atomic E-state index is -0.134. The Morgan fingerprint density at radius 2 is 2.14 bits per heavy atom. The van der Waals surface area contributed by atoms with Crippen LogP contribution in [0.15, 0.2) is 22.7 Å². The van der Waals surface area contributed by atoms with Crippen LogP contribution in [0.5, 0.6) is 0 Å². The zero-order chi connectivity index (χ0) is 9.92. The van der Waals surface area contributed by atoms with E-state index < -0.39 is 0 Å². The lowest BCUT2D eigenvalue weighted by Crippen LogP contribution is -2.27. The van der Waals surface area contributed by atoms with E-state index in [-0.39, 0.29) is 11.3 Å². The SMILES string of the molecule is CN1C(=O)C2(CC2)c2ccc(Br)cc21. The maximum Gasteiger partial charge on any atom is 0.237 e. The Labute approximate surface area is 91.0 Å². The van der Waals surface area contributed by atoms with Crippen molar-refractivity contribution in [3.05, 3.63) is 28.2 Å². The Morgan fingerprint density at radius 3 is 2.79 bits per heavy atom. The largest absolute Gasteiger partial charge is 0.314 e. The fraction of sp³-hybridized carbons (Fsp3) is 0.364. The highest BCUT2D eigenvalue weighted by Crippen LogP contribution is 2.57. The molecule has 1 spiro atoms. The van der Waals surface area contributed by atoms with Gasteiger partial charge in [0.2, 0.25) is 5.91 Å². The molecule has 0 radical (unpaired) electrons. The first-order valence-electron chi connectivity index (χ1n) is 4.73. The Kier molecular flexibility index (Phi) is 1.45. The third-order valence-corrected chi connectivity index (χ3v) is 3.79. The van der Waals surface area contributed by atoms with E-state index in [9.17, 15) is 4.79 Å². The van der Waals surface area contributed by atoms with Crippen LogP contribution in [0.25, 0.3) is 0 Å². The molecule has 0 N–H and O–H groups in total. The lowest BCUT2D eigenvalue weighted by Gasteiger charge is -2.09. The van der Waals surface area contributed by atoms with E-state index in [4.69, 9.17) is 0 Å². The quantitative estimate of drug-likeness (QED) is 0.694. The van der Waals surface area contributed by atoms with E-state index in [2.05, 4.69) is 22.0 Å². The average molecular weight is 252 g/mol. The summed E-state index contributed by atoms with van der Waals surface area (Å²) in [4.78, 5) is 13.8. The molecule has 3 rings (SSSR count). The number of benzene rings is 1. The van der Waals surface area contributed by atoms with Crippen molar-refractivity contribution in [3.63, 3.8) is 0 Å². The van der Waals surface area contributed by atoms with Crippen LogP contribution in [0.3, 0.4) is 0 Å². The molecule has 3 heteroatoms. The van der Waals surface area contributed by atoms with Gasteiger partial charge in [0.1, 0.15) is 0 Å². The van der Waals surface area contributed by atoms with Gasteiger partial charge < -0.3 is 4.90 Å². The molecule has 1 aromatic carbocycles. The van der Waals surface area contributed by atoms with Gasteiger partial charge >= 0.3 is 0 Å². The van der Waals surface area contributed by atoms with Crippen molar-refractivity contribution in [2.24, 2.45) is 0 Å². The summed E-state index contributed by atoms with van der Waals surface area (Å²) < 4.78 is 1.04. The number of carbonyl (C=O) groups excluding carboxylic acids is 1. The number of hydrogen-bond acceptors (Lipinski definition) is 1. The van der Waals surface area contributed by atoms with Crippen molar-refractivity contribution in [3.8, 4) is 0 Å². The van der Waals surface area contributed by atoms with Gasteiger partial charge in [-0.15, -0.1) is 0 Å². The summed E-state index contributed by atoms with van der Waals surface area (Å²) in [6.45, 7) is 0. The van der Waals surface area contributed by atoms with Gasteiger partial charge in [0.25, 0.3) is 0 Å². The van der Waals surface area contributed by atoms with Gasteiger partial charge in [0.05, 0.1) is 5.41 Å². The highest BCUT2D eigenvalue weighted by atomic mass is 79.9. The zero-order valence-electron chi connectivity index (χ0n) is 7.88. The number of carbonyl (C=O) groups is 1. The van der Waals surface area contributed by atoms with E-state index >= 15 is 0 Å². The number of amides is 1. The zero-order valence-corrected chi connectivity index (χ0v) is 9.47. The van der Waals surface area contributed by atoms with Crippen LogP contribution in [0.4, 0.5) is 5.69 Å². The molecule has 2 nitrogen and oxygen atoms in total. The number of hydrogen-bond donors (Lipinski definition) is 0. The second-order valence-electron chi connectivity index (χ2n) is 4.11. The van der Waals surface area contributed by atoms with E-state index in [1.807, 2.05) is 19.2 Å². The summed E-state index contributed by atoms with van der Waals surface area (Å²) in [5.74, 6) is 0.269. The molecule has 0 unspecified atom stereocenters. The van der Waals surface area contributed by atoms with Gasteiger partial charge in [-0.3, -0.25) is 4.79 Å². The van der Waals surface area contributed by atoms with E-state index in [1.54, 1.807) is 4.90 Å². The molecule has 1 saturated carbocycles. The molecule has 0 bridgehead atoms. The Bertz CT molecular complexity index is 437. The molecule has 1 fully saturated rings. The third-order valence-electron chi connectivity index (χ3n) is 3.30. The van der Waals surface area contributed by atoms with Crippen molar-refractivity contribution < 1.29 is 4.79 Å². The van der Waals surface area contributed by atoms with Gasteiger partial charge in [0, 0.05) is 17.2 Å². The van der Waals surface area contributed by atoms with Gasteiger partial charge in [-0.25, -0.2) is 0 Å². The van der Waals surface area contributed by atoms with Crippen LogP contribution >= 0.6 is 15.9 Å². The molecular weight excluding hydrogens is 242 g/mol. The fourth-order valence-electron chi connectivity index (χ4n) is 2.34. The average Bonchev–Trinajstić information content (AvgIpc) is 2.93. The molecule has 2 aliphatic rings. The predicted molar refractivity (Wildman–Crippen MR) is 58.5 cm³/mol. The number of anilines is 1. The van der Waals surface area contributed by atoms with Gasteiger partial charge in [-0.05, 0) is 30.5 Å². The summed E-state index contributed by atoms with van der Waals surface area (Å²) in [5, 5.41) is 0. The fourth-order valence-corrected chi connectivity index (χ4v) is 2.69. The Morgan fingerprint density at radius 1 is 1.43 bits per heavy atom. The first-order valence-corrected chi connectivity index (χ1v) is 5.53. The maximum absolute atomic E-state index is 12.0. The highest BCUT2D eigenvalue weighted by Gasteiger charge is 2.58. The van der Waals surface area contributed by atoms with Crippen molar-refractivity contribution in [1.29, 1.82) is 0 Å². The molecule has 1 aliphatic carbocycles. The Hall–Kier alpha value is -0.830. The van der Waals surface area contributed by atoms with Crippen molar-refractivity contribution in [2.45, 2.75) is 18.3 Å². The third kappa shape index (κ3) is 0.836. The molecule has 14 heavy (non-hydrogen) atoms. The normalized spacial score (nSPS) is 21.6. The molecule has 1 heterocycles. The van der Waals surface area contributed by atoms with E-state index in [0.717, 1.165) is 23.0 Å². The van der Waals surface area contributed by atoms with E-state index in [0.29, 0.717) is 0 Å². The second kappa shape index (κ2) is 2.40. The molecule has 0 aromatic heterocycles. The monoisotopic (exact) mass is 251 g/mol. The first kappa shape index (κ1) is 8.48. The molecule has 1 aromatic rings.